The van der Waals surface area contributed by atoms with Crippen molar-refractivity contribution in [3.8, 4) is 11.8 Å². The summed E-state index contributed by atoms with van der Waals surface area (Å²) < 4.78 is 11.4. The van der Waals surface area contributed by atoms with Gasteiger partial charge in [-0.3, -0.25) is 0 Å². The maximum absolute atomic E-state index is 8.81. The minimum absolute atomic E-state index is 0.478. The van der Waals surface area contributed by atoms with E-state index < -0.39 is 0 Å². The summed E-state index contributed by atoms with van der Waals surface area (Å²) in [5.41, 5.74) is 2.82. The van der Waals surface area contributed by atoms with Crippen LogP contribution >= 0.6 is 0 Å². The maximum atomic E-state index is 8.81. The maximum Gasteiger partial charge on any atom is 0.126 e. The van der Waals surface area contributed by atoms with Crippen LogP contribution in [0.15, 0.2) is 36.5 Å². The van der Waals surface area contributed by atoms with Gasteiger partial charge in [-0.2, -0.15) is 5.26 Å². The Morgan fingerprint density at radius 3 is 3.00 bits per heavy atom. The second-order valence-electron chi connectivity index (χ2n) is 6.05. The van der Waals surface area contributed by atoms with Gasteiger partial charge in [0.25, 0.3) is 0 Å². The molecule has 0 spiro atoms. The number of rotatable bonds is 6. The molecular formula is C19H21N3O2. The number of nitrogens with one attached hydrogen (secondary N) is 1. The Bertz CT molecular complexity index is 716. The van der Waals surface area contributed by atoms with E-state index in [2.05, 4.69) is 41.5 Å². The molecule has 2 aromatic rings. The van der Waals surface area contributed by atoms with Crippen molar-refractivity contribution in [2.24, 2.45) is 5.92 Å². The third kappa shape index (κ3) is 4.24. The summed E-state index contributed by atoms with van der Waals surface area (Å²) in [6.45, 7) is 4.99. The van der Waals surface area contributed by atoms with Crippen LogP contribution in [0, 0.1) is 24.2 Å². The third-order valence-electron chi connectivity index (χ3n) is 4.07. The molecule has 124 valence electrons. The van der Waals surface area contributed by atoms with Gasteiger partial charge in [0.05, 0.1) is 18.8 Å². The first-order valence-electron chi connectivity index (χ1n) is 8.14. The Hall–Kier alpha value is -2.58. The molecule has 2 heterocycles. The van der Waals surface area contributed by atoms with E-state index in [1.807, 2.05) is 6.07 Å². The van der Waals surface area contributed by atoms with Gasteiger partial charge in [-0.1, -0.05) is 12.1 Å². The highest BCUT2D eigenvalue weighted by molar-refractivity contribution is 5.43. The molecule has 1 aromatic heterocycles. The summed E-state index contributed by atoms with van der Waals surface area (Å²) in [7, 11) is 0. The average molecular weight is 323 g/mol. The van der Waals surface area contributed by atoms with Crippen LogP contribution in [-0.2, 0) is 11.3 Å². The number of hydrogen-bond acceptors (Lipinski definition) is 5. The lowest BCUT2D eigenvalue weighted by Crippen LogP contribution is -2.13. The van der Waals surface area contributed by atoms with Gasteiger partial charge in [-0.05, 0) is 37.1 Å². The van der Waals surface area contributed by atoms with E-state index >= 15 is 0 Å². The monoisotopic (exact) mass is 323 g/mol. The topological polar surface area (TPSA) is 67.2 Å². The molecule has 0 saturated carbocycles. The van der Waals surface area contributed by atoms with Gasteiger partial charge in [-0.25, -0.2) is 4.98 Å². The molecular weight excluding hydrogens is 302 g/mol. The summed E-state index contributed by atoms with van der Waals surface area (Å²) in [4.78, 5) is 4.23. The van der Waals surface area contributed by atoms with Crippen LogP contribution in [0.5, 0.6) is 5.75 Å². The molecule has 1 atom stereocenters. The molecule has 5 nitrogen and oxygen atoms in total. The summed E-state index contributed by atoms with van der Waals surface area (Å²) in [5, 5.41) is 12.1. The van der Waals surface area contributed by atoms with Gasteiger partial charge in [0.1, 0.15) is 17.6 Å². The number of nitrogens with zero attached hydrogens (tertiary/aromatic N) is 2. The van der Waals surface area contributed by atoms with E-state index in [-0.39, 0.29) is 0 Å². The first-order valence-corrected chi connectivity index (χ1v) is 8.14. The Balaban J connectivity index is 1.64. The highest BCUT2D eigenvalue weighted by atomic mass is 16.5. The molecule has 3 rings (SSSR count). The van der Waals surface area contributed by atoms with Crippen molar-refractivity contribution in [2.45, 2.75) is 19.9 Å². The zero-order valence-electron chi connectivity index (χ0n) is 13.8. The van der Waals surface area contributed by atoms with Crippen LogP contribution in [0.25, 0.3) is 0 Å². The van der Waals surface area contributed by atoms with Gasteiger partial charge < -0.3 is 14.8 Å². The fraction of sp³-hybridized carbons (Fsp3) is 0.368. The zero-order valence-corrected chi connectivity index (χ0v) is 13.8. The first-order chi connectivity index (χ1) is 11.7. The zero-order chi connectivity index (χ0) is 16.8. The van der Waals surface area contributed by atoms with E-state index in [9.17, 15) is 0 Å². The normalized spacial score (nSPS) is 16.6. The number of hydrogen-bond donors (Lipinski definition) is 1. The van der Waals surface area contributed by atoms with Crippen LogP contribution in [0.4, 0.5) is 5.82 Å². The van der Waals surface area contributed by atoms with Crippen LogP contribution < -0.4 is 10.1 Å². The van der Waals surface area contributed by atoms with Gasteiger partial charge in [0.15, 0.2) is 0 Å². The number of anilines is 1. The molecule has 0 bridgehead atoms. The van der Waals surface area contributed by atoms with Crippen LogP contribution in [-0.4, -0.2) is 24.8 Å². The number of ether oxygens (including phenoxy) is 2. The summed E-state index contributed by atoms with van der Waals surface area (Å²) in [6.07, 6.45) is 2.63. The predicted molar refractivity (Wildman–Crippen MR) is 91.9 cm³/mol. The summed E-state index contributed by atoms with van der Waals surface area (Å²) in [6, 6.07) is 11.8. The van der Waals surface area contributed by atoms with E-state index in [4.69, 9.17) is 14.7 Å². The first kappa shape index (κ1) is 16.3. The molecule has 1 aliphatic heterocycles. The highest BCUT2D eigenvalue weighted by Crippen LogP contribution is 2.23. The summed E-state index contributed by atoms with van der Waals surface area (Å²) in [5.74, 6) is 2.12. The Kier molecular flexibility index (Phi) is 5.29. The Morgan fingerprint density at radius 2 is 2.29 bits per heavy atom. The van der Waals surface area contributed by atoms with Crippen LogP contribution in [0.1, 0.15) is 23.1 Å². The van der Waals surface area contributed by atoms with Crippen molar-refractivity contribution in [3.05, 3.63) is 53.2 Å². The minimum atomic E-state index is 0.478. The van der Waals surface area contributed by atoms with Crippen molar-refractivity contribution in [3.63, 3.8) is 0 Å². The standard InChI is InChI=1S/C19H21N3O2/c1-14-2-4-17(11-22-19-5-3-15(9-20)10-21-19)18(8-14)24-13-16-6-7-23-12-16/h2-5,8,10,16H,6-7,11-13H2,1H3,(H,21,22). The molecule has 1 unspecified atom stereocenters. The molecule has 0 radical (unpaired) electrons. The quantitative estimate of drug-likeness (QED) is 0.883. The lowest BCUT2D eigenvalue weighted by molar-refractivity contribution is 0.167. The van der Waals surface area contributed by atoms with Crippen molar-refractivity contribution in [2.75, 3.05) is 25.1 Å². The van der Waals surface area contributed by atoms with Crippen molar-refractivity contribution < 1.29 is 9.47 Å². The van der Waals surface area contributed by atoms with Gasteiger partial charge in [0.2, 0.25) is 0 Å². The number of aryl methyl sites for hydroxylation is 1. The van der Waals surface area contributed by atoms with Gasteiger partial charge >= 0.3 is 0 Å². The molecule has 1 saturated heterocycles. The van der Waals surface area contributed by atoms with Crippen molar-refractivity contribution in [1.29, 1.82) is 5.26 Å². The SMILES string of the molecule is Cc1ccc(CNc2ccc(C#N)cn2)c(OCC2CCOC2)c1. The van der Waals surface area contributed by atoms with Crippen LogP contribution in [0.2, 0.25) is 0 Å². The van der Waals surface area contributed by atoms with E-state index in [0.29, 0.717) is 24.6 Å². The Morgan fingerprint density at radius 1 is 1.38 bits per heavy atom. The second-order valence-corrected chi connectivity index (χ2v) is 6.05. The van der Waals surface area contributed by atoms with E-state index in [1.165, 1.54) is 5.56 Å². The lowest BCUT2D eigenvalue weighted by Gasteiger charge is -2.15. The molecule has 24 heavy (non-hydrogen) atoms. The molecule has 1 fully saturated rings. The van der Waals surface area contributed by atoms with Crippen LogP contribution in [0.3, 0.4) is 0 Å². The minimum Gasteiger partial charge on any atom is -0.493 e. The number of nitriles is 1. The number of aromatic nitrogens is 1. The molecule has 0 amide bonds. The highest BCUT2D eigenvalue weighted by Gasteiger charge is 2.17. The molecule has 1 N–H and O–H groups in total. The van der Waals surface area contributed by atoms with Crippen molar-refractivity contribution in [1.82, 2.24) is 4.98 Å². The third-order valence-corrected chi connectivity index (χ3v) is 4.07. The number of benzene rings is 1. The smallest absolute Gasteiger partial charge is 0.126 e. The fourth-order valence-corrected chi connectivity index (χ4v) is 2.61. The molecule has 1 aromatic carbocycles. The fourth-order valence-electron chi connectivity index (χ4n) is 2.61. The summed E-state index contributed by atoms with van der Waals surface area (Å²) >= 11 is 0. The second kappa shape index (κ2) is 7.80. The molecule has 0 aliphatic carbocycles. The van der Waals surface area contributed by atoms with Crippen molar-refractivity contribution >= 4 is 5.82 Å². The van der Waals surface area contributed by atoms with E-state index in [1.54, 1.807) is 12.3 Å². The largest absolute Gasteiger partial charge is 0.493 e. The average Bonchev–Trinajstić information content (AvgIpc) is 3.13. The molecule has 5 heteroatoms. The number of pyridine rings is 1. The predicted octanol–water partition coefficient (Wildman–Crippen LogP) is 3.29. The Labute approximate surface area is 142 Å². The van der Waals surface area contributed by atoms with E-state index in [0.717, 1.165) is 36.8 Å². The van der Waals surface area contributed by atoms with Gasteiger partial charge in [0, 0.05) is 30.8 Å². The lowest BCUT2D eigenvalue weighted by atomic mass is 10.1. The molecule has 1 aliphatic rings. The van der Waals surface area contributed by atoms with Gasteiger partial charge in [-0.15, -0.1) is 0 Å².